The zero-order chi connectivity index (χ0) is 15.5. The number of hydrogen-bond acceptors (Lipinski definition) is 6. The number of aromatic nitrogens is 3. The van der Waals surface area contributed by atoms with Gasteiger partial charge in [-0.25, -0.2) is 0 Å². The van der Waals surface area contributed by atoms with E-state index in [-0.39, 0.29) is 0 Å². The molecule has 0 amide bonds. The van der Waals surface area contributed by atoms with Crippen molar-refractivity contribution in [1.29, 1.82) is 0 Å². The molecule has 0 unspecified atom stereocenters. The molecule has 2 heterocycles. The molecule has 0 bridgehead atoms. The minimum atomic E-state index is 0.492. The molecule has 22 heavy (non-hydrogen) atoms. The van der Waals surface area contributed by atoms with Crippen LogP contribution in [-0.4, -0.2) is 27.2 Å². The van der Waals surface area contributed by atoms with Gasteiger partial charge in [-0.05, 0) is 26.1 Å². The summed E-state index contributed by atoms with van der Waals surface area (Å²) < 4.78 is 10.3. The van der Waals surface area contributed by atoms with Crippen LogP contribution in [0.4, 0.5) is 0 Å². The van der Waals surface area contributed by atoms with E-state index < -0.39 is 0 Å². The quantitative estimate of drug-likeness (QED) is 0.719. The largest absolute Gasteiger partial charge is 0.361 e. The van der Waals surface area contributed by atoms with Crippen molar-refractivity contribution in [3.8, 4) is 11.4 Å². The zero-order valence-electron chi connectivity index (χ0n) is 12.3. The molecule has 0 aliphatic rings. The first-order valence-corrected chi connectivity index (χ1v) is 7.18. The maximum atomic E-state index is 6.13. The molecule has 0 aliphatic carbocycles. The highest BCUT2D eigenvalue weighted by Crippen LogP contribution is 2.25. The fourth-order valence-corrected chi connectivity index (χ4v) is 2.35. The summed E-state index contributed by atoms with van der Waals surface area (Å²) >= 11 is 6.13. The van der Waals surface area contributed by atoms with Crippen molar-refractivity contribution >= 4 is 11.6 Å². The molecule has 3 aromatic rings. The Morgan fingerprint density at radius 3 is 2.68 bits per heavy atom. The molecule has 0 spiro atoms. The third kappa shape index (κ3) is 3.35. The Labute approximate surface area is 132 Å². The Bertz CT molecular complexity index is 768. The van der Waals surface area contributed by atoms with Gasteiger partial charge >= 0.3 is 0 Å². The van der Waals surface area contributed by atoms with E-state index in [1.807, 2.05) is 43.1 Å². The average Bonchev–Trinajstić information content (AvgIpc) is 3.09. The monoisotopic (exact) mass is 318 g/mol. The van der Waals surface area contributed by atoms with E-state index in [1.165, 1.54) is 0 Å². The number of benzene rings is 1. The lowest BCUT2D eigenvalue weighted by molar-refractivity contribution is 0.254. The molecule has 0 fully saturated rings. The number of aryl methyl sites for hydroxylation is 1. The minimum absolute atomic E-state index is 0.492. The van der Waals surface area contributed by atoms with Crippen LogP contribution in [0.3, 0.4) is 0 Å². The van der Waals surface area contributed by atoms with E-state index in [9.17, 15) is 0 Å². The molecule has 3 rings (SSSR count). The molecular formula is C15H15ClN4O2. The number of hydrogen-bond donors (Lipinski definition) is 0. The van der Waals surface area contributed by atoms with Crippen molar-refractivity contribution in [2.24, 2.45) is 0 Å². The zero-order valence-corrected chi connectivity index (χ0v) is 13.0. The van der Waals surface area contributed by atoms with Crippen LogP contribution in [0.2, 0.25) is 5.02 Å². The van der Waals surface area contributed by atoms with Gasteiger partial charge in [-0.1, -0.05) is 34.0 Å². The fraction of sp³-hybridized carbons (Fsp3) is 0.267. The summed E-state index contributed by atoms with van der Waals surface area (Å²) in [5, 5.41) is 8.54. The van der Waals surface area contributed by atoms with Gasteiger partial charge in [0.25, 0.3) is 0 Å². The molecule has 6 nitrogen and oxygen atoms in total. The smallest absolute Gasteiger partial charge is 0.241 e. The van der Waals surface area contributed by atoms with Gasteiger partial charge in [-0.15, -0.1) is 0 Å². The number of halogens is 1. The summed E-state index contributed by atoms with van der Waals surface area (Å²) in [4.78, 5) is 6.40. The van der Waals surface area contributed by atoms with Gasteiger partial charge in [0.1, 0.15) is 5.76 Å². The SMILES string of the molecule is Cc1cc(CN(C)Cc2nc(-c3ccccc3Cl)no2)no1. The van der Waals surface area contributed by atoms with Crippen molar-refractivity contribution in [2.45, 2.75) is 20.0 Å². The second-order valence-electron chi connectivity index (χ2n) is 5.09. The molecule has 7 heteroatoms. The predicted molar refractivity (Wildman–Crippen MR) is 81.2 cm³/mol. The second-order valence-corrected chi connectivity index (χ2v) is 5.50. The molecule has 114 valence electrons. The Morgan fingerprint density at radius 1 is 1.14 bits per heavy atom. The van der Waals surface area contributed by atoms with Crippen molar-refractivity contribution in [1.82, 2.24) is 20.2 Å². The Hall–Kier alpha value is -2.18. The summed E-state index contributed by atoms with van der Waals surface area (Å²) in [5.41, 5.74) is 1.62. The van der Waals surface area contributed by atoms with Crippen molar-refractivity contribution in [3.05, 3.63) is 52.7 Å². The van der Waals surface area contributed by atoms with Crippen LogP contribution in [0.25, 0.3) is 11.4 Å². The molecular weight excluding hydrogens is 304 g/mol. The van der Waals surface area contributed by atoms with Gasteiger partial charge in [-0.2, -0.15) is 4.98 Å². The fourth-order valence-electron chi connectivity index (χ4n) is 2.13. The number of nitrogens with zero attached hydrogens (tertiary/aromatic N) is 4. The van der Waals surface area contributed by atoms with Crippen LogP contribution >= 0.6 is 11.6 Å². The topological polar surface area (TPSA) is 68.2 Å². The van der Waals surface area contributed by atoms with Gasteiger partial charge in [0, 0.05) is 18.2 Å². The van der Waals surface area contributed by atoms with Crippen molar-refractivity contribution < 1.29 is 9.05 Å². The normalized spacial score (nSPS) is 11.3. The van der Waals surface area contributed by atoms with Crippen LogP contribution in [0.1, 0.15) is 17.3 Å². The van der Waals surface area contributed by atoms with Gasteiger partial charge in [0.15, 0.2) is 0 Å². The highest BCUT2D eigenvalue weighted by atomic mass is 35.5. The van der Waals surface area contributed by atoms with Gasteiger partial charge in [0.2, 0.25) is 11.7 Å². The highest BCUT2D eigenvalue weighted by Gasteiger charge is 2.13. The third-order valence-electron chi connectivity index (χ3n) is 3.10. The Morgan fingerprint density at radius 2 is 1.95 bits per heavy atom. The molecule has 0 radical (unpaired) electrons. The van der Waals surface area contributed by atoms with E-state index in [0.29, 0.717) is 29.8 Å². The van der Waals surface area contributed by atoms with Gasteiger partial charge < -0.3 is 9.05 Å². The Balaban J connectivity index is 1.68. The summed E-state index contributed by atoms with van der Waals surface area (Å²) in [5.74, 6) is 1.81. The molecule has 0 aliphatic heterocycles. The third-order valence-corrected chi connectivity index (χ3v) is 3.43. The summed E-state index contributed by atoms with van der Waals surface area (Å²) in [6, 6.07) is 9.31. The lowest BCUT2D eigenvalue weighted by Crippen LogP contribution is -2.17. The van der Waals surface area contributed by atoms with Crippen LogP contribution in [0.5, 0.6) is 0 Å². The van der Waals surface area contributed by atoms with Crippen LogP contribution in [0.15, 0.2) is 39.4 Å². The van der Waals surface area contributed by atoms with E-state index in [4.69, 9.17) is 20.6 Å². The molecule has 0 atom stereocenters. The van der Waals surface area contributed by atoms with Gasteiger partial charge in [-0.3, -0.25) is 4.90 Å². The predicted octanol–water partition coefficient (Wildman–Crippen LogP) is 3.32. The van der Waals surface area contributed by atoms with Crippen LogP contribution < -0.4 is 0 Å². The van der Waals surface area contributed by atoms with E-state index in [0.717, 1.165) is 17.0 Å². The lowest BCUT2D eigenvalue weighted by atomic mass is 10.2. The summed E-state index contributed by atoms with van der Waals surface area (Å²) in [7, 11) is 1.95. The maximum Gasteiger partial charge on any atom is 0.241 e. The first-order valence-electron chi connectivity index (χ1n) is 6.80. The maximum absolute atomic E-state index is 6.13. The number of rotatable bonds is 5. The molecule has 0 N–H and O–H groups in total. The molecule has 0 saturated carbocycles. The molecule has 1 aromatic carbocycles. The molecule has 2 aromatic heterocycles. The second kappa shape index (κ2) is 6.29. The summed E-state index contributed by atoms with van der Waals surface area (Å²) in [6.45, 7) is 3.02. The van der Waals surface area contributed by atoms with E-state index >= 15 is 0 Å². The van der Waals surface area contributed by atoms with E-state index in [2.05, 4.69) is 15.3 Å². The van der Waals surface area contributed by atoms with Crippen LogP contribution in [-0.2, 0) is 13.1 Å². The standard InChI is InChI=1S/C15H15ClN4O2/c1-10-7-11(18-21-10)8-20(2)9-14-17-15(19-22-14)12-5-3-4-6-13(12)16/h3-7H,8-9H2,1-2H3. The Kier molecular flexibility index (Phi) is 4.22. The van der Waals surface area contributed by atoms with Crippen molar-refractivity contribution in [3.63, 3.8) is 0 Å². The molecule has 0 saturated heterocycles. The van der Waals surface area contributed by atoms with Crippen molar-refractivity contribution in [2.75, 3.05) is 7.05 Å². The minimum Gasteiger partial charge on any atom is -0.361 e. The summed E-state index contributed by atoms with van der Waals surface area (Å²) in [6.07, 6.45) is 0. The lowest BCUT2D eigenvalue weighted by Gasteiger charge is -2.11. The average molecular weight is 319 g/mol. The van der Waals surface area contributed by atoms with E-state index in [1.54, 1.807) is 6.07 Å². The van der Waals surface area contributed by atoms with Crippen LogP contribution in [0, 0.1) is 6.92 Å². The first kappa shape index (κ1) is 14.7. The van der Waals surface area contributed by atoms with Gasteiger partial charge in [0.05, 0.1) is 17.3 Å². The first-order chi connectivity index (χ1) is 10.6. The highest BCUT2D eigenvalue weighted by molar-refractivity contribution is 6.33.